The molecule has 4 atom stereocenters. The summed E-state index contributed by atoms with van der Waals surface area (Å²) in [5, 5.41) is 21.4. The lowest BCUT2D eigenvalue weighted by Gasteiger charge is -2.26. The molecule has 30 heavy (non-hydrogen) atoms. The van der Waals surface area contributed by atoms with E-state index in [4.69, 9.17) is 0 Å². The fourth-order valence-corrected chi connectivity index (χ4v) is 4.85. The van der Waals surface area contributed by atoms with Gasteiger partial charge in [0.15, 0.2) is 0 Å². The summed E-state index contributed by atoms with van der Waals surface area (Å²) in [6.07, 6.45) is -1.41. The highest BCUT2D eigenvalue weighted by atomic mass is 32.1. The molecule has 3 heterocycles. The average Bonchev–Trinajstić information content (AvgIpc) is 3.39. The number of hydrogen-bond acceptors (Lipinski definition) is 6. The van der Waals surface area contributed by atoms with E-state index in [0.29, 0.717) is 13.1 Å². The third kappa shape index (κ3) is 3.93. The highest BCUT2D eigenvalue weighted by molar-refractivity contribution is 7.80. The number of likely N-dealkylation sites (tertiary alicyclic amines) is 1. The molecule has 0 bridgehead atoms. The number of benzene rings is 1. The maximum absolute atomic E-state index is 13.7. The molecule has 8 nitrogen and oxygen atoms in total. The van der Waals surface area contributed by atoms with E-state index in [1.807, 2.05) is 18.2 Å². The molecule has 2 saturated heterocycles. The van der Waals surface area contributed by atoms with Gasteiger partial charge < -0.3 is 25.2 Å². The summed E-state index contributed by atoms with van der Waals surface area (Å²) < 4.78 is 13.7. The van der Waals surface area contributed by atoms with E-state index in [-0.39, 0.29) is 31.7 Å². The minimum atomic E-state index is -1.85. The van der Waals surface area contributed by atoms with E-state index in [1.54, 1.807) is 4.90 Å². The SMILES string of the molecule is O=C1N[C@H](C(=O)N2CC(F)C[C@H]2B(O)O)C[C@H]1CC(=O)N1Cc2cccc(S)c2C1. The monoisotopic (exact) mass is 435 g/mol. The lowest BCUT2D eigenvalue weighted by atomic mass is 9.77. The van der Waals surface area contributed by atoms with Crippen molar-refractivity contribution >= 4 is 37.5 Å². The number of rotatable bonds is 4. The summed E-state index contributed by atoms with van der Waals surface area (Å²) in [6.45, 7) is 0.655. The normalized spacial score (nSPS) is 27.9. The van der Waals surface area contributed by atoms with Crippen LogP contribution in [0.25, 0.3) is 0 Å². The van der Waals surface area contributed by atoms with Crippen molar-refractivity contribution in [3.05, 3.63) is 29.3 Å². The molecule has 2 fully saturated rings. The molecule has 0 aliphatic carbocycles. The van der Waals surface area contributed by atoms with Gasteiger partial charge in [-0.15, -0.1) is 12.6 Å². The lowest BCUT2D eigenvalue weighted by molar-refractivity contribution is -0.135. The van der Waals surface area contributed by atoms with Gasteiger partial charge in [0.2, 0.25) is 17.7 Å². The molecule has 4 rings (SSSR count). The molecule has 0 radical (unpaired) electrons. The van der Waals surface area contributed by atoms with Gasteiger partial charge in [0.25, 0.3) is 0 Å². The van der Waals surface area contributed by atoms with E-state index < -0.39 is 43.0 Å². The second-order valence-electron chi connectivity index (χ2n) is 8.17. The molecule has 1 unspecified atom stereocenters. The highest BCUT2D eigenvalue weighted by Crippen LogP contribution is 2.31. The lowest BCUT2D eigenvalue weighted by Crippen LogP contribution is -2.51. The van der Waals surface area contributed by atoms with Gasteiger partial charge >= 0.3 is 7.12 Å². The Hall–Kier alpha value is -2.11. The third-order valence-corrected chi connectivity index (χ3v) is 6.58. The van der Waals surface area contributed by atoms with Gasteiger partial charge in [-0.3, -0.25) is 14.4 Å². The minimum Gasteiger partial charge on any atom is -0.426 e. The Kier molecular flexibility index (Phi) is 5.78. The number of nitrogens with zero attached hydrogens (tertiary/aromatic N) is 2. The van der Waals surface area contributed by atoms with Crippen LogP contribution >= 0.6 is 12.6 Å². The Balaban J connectivity index is 1.37. The molecule has 0 spiro atoms. The highest BCUT2D eigenvalue weighted by Gasteiger charge is 2.47. The van der Waals surface area contributed by atoms with Crippen LogP contribution in [0, 0.1) is 5.92 Å². The molecule has 3 N–H and O–H groups in total. The number of thiol groups is 1. The summed E-state index contributed by atoms with van der Waals surface area (Å²) in [5.41, 5.74) is 2.03. The van der Waals surface area contributed by atoms with E-state index in [2.05, 4.69) is 17.9 Å². The molecule has 1 aromatic carbocycles. The first-order valence-electron chi connectivity index (χ1n) is 9.93. The van der Waals surface area contributed by atoms with Gasteiger partial charge in [-0.25, -0.2) is 4.39 Å². The summed E-state index contributed by atoms with van der Waals surface area (Å²) in [4.78, 5) is 41.4. The Bertz CT molecular complexity index is 888. The molecule has 3 aliphatic heterocycles. The van der Waals surface area contributed by atoms with Gasteiger partial charge in [0, 0.05) is 30.3 Å². The van der Waals surface area contributed by atoms with Crippen molar-refractivity contribution in [1.82, 2.24) is 15.1 Å². The van der Waals surface area contributed by atoms with Crippen molar-refractivity contribution in [2.75, 3.05) is 6.54 Å². The smallest absolute Gasteiger partial charge is 0.426 e. The van der Waals surface area contributed by atoms with E-state index in [1.165, 1.54) is 0 Å². The first-order chi connectivity index (χ1) is 14.2. The fraction of sp³-hybridized carbons (Fsp3) is 0.526. The van der Waals surface area contributed by atoms with Gasteiger partial charge in [-0.1, -0.05) is 12.1 Å². The number of carbonyl (C=O) groups is 3. The maximum atomic E-state index is 13.7. The Morgan fingerprint density at radius 1 is 1.27 bits per heavy atom. The quantitative estimate of drug-likeness (QED) is 0.382. The van der Waals surface area contributed by atoms with E-state index in [0.717, 1.165) is 20.9 Å². The van der Waals surface area contributed by atoms with Gasteiger partial charge in [0.05, 0.1) is 12.5 Å². The first-order valence-corrected chi connectivity index (χ1v) is 10.4. The van der Waals surface area contributed by atoms with E-state index >= 15 is 0 Å². The van der Waals surface area contributed by atoms with Gasteiger partial charge in [-0.2, -0.15) is 0 Å². The van der Waals surface area contributed by atoms with Crippen LogP contribution in [0.4, 0.5) is 4.39 Å². The van der Waals surface area contributed by atoms with Crippen LogP contribution in [0.1, 0.15) is 30.4 Å². The number of nitrogens with one attached hydrogen (secondary N) is 1. The maximum Gasteiger partial charge on any atom is 0.475 e. The van der Waals surface area contributed by atoms with Crippen LogP contribution in [0.5, 0.6) is 0 Å². The van der Waals surface area contributed by atoms with Crippen molar-refractivity contribution < 1.29 is 28.8 Å². The zero-order chi connectivity index (χ0) is 21.6. The summed E-state index contributed by atoms with van der Waals surface area (Å²) in [5.74, 6) is -2.83. The van der Waals surface area contributed by atoms with Crippen LogP contribution in [-0.2, 0) is 27.5 Å². The van der Waals surface area contributed by atoms with Crippen molar-refractivity contribution in [3.8, 4) is 0 Å². The zero-order valence-corrected chi connectivity index (χ0v) is 17.1. The van der Waals surface area contributed by atoms with Crippen molar-refractivity contribution in [2.45, 2.75) is 55.4 Å². The molecule has 3 amide bonds. The van der Waals surface area contributed by atoms with Gasteiger partial charge in [0.1, 0.15) is 12.2 Å². The molecule has 1 aromatic rings. The van der Waals surface area contributed by atoms with Crippen molar-refractivity contribution in [1.29, 1.82) is 0 Å². The number of fused-ring (bicyclic) bond motifs is 1. The molecule has 11 heteroatoms. The molecular weight excluding hydrogens is 412 g/mol. The largest absolute Gasteiger partial charge is 0.475 e. The number of amides is 3. The van der Waals surface area contributed by atoms with Crippen LogP contribution in [0.3, 0.4) is 0 Å². The van der Waals surface area contributed by atoms with Crippen molar-refractivity contribution in [3.63, 3.8) is 0 Å². The first kappa shape index (κ1) is 21.1. The van der Waals surface area contributed by atoms with Crippen LogP contribution in [0.15, 0.2) is 23.1 Å². The standard InChI is InChI=1S/C19H23BFN3O5S/c21-12-6-16(20(28)29)24(8-12)19(27)14-4-11(18(26)22-14)5-17(25)23-7-10-2-1-3-15(30)13(10)9-23/h1-3,11-12,14,16,28-30H,4-9H2,(H,22,26)/t11-,12?,14-,16-/m0/s1. The molecule has 160 valence electrons. The number of hydrogen-bond donors (Lipinski definition) is 4. The summed E-state index contributed by atoms with van der Waals surface area (Å²) >= 11 is 4.43. The topological polar surface area (TPSA) is 110 Å². The molecule has 0 aromatic heterocycles. The molecule has 0 saturated carbocycles. The average molecular weight is 435 g/mol. The second-order valence-corrected chi connectivity index (χ2v) is 8.65. The van der Waals surface area contributed by atoms with Crippen LogP contribution < -0.4 is 5.32 Å². The summed E-state index contributed by atoms with van der Waals surface area (Å²) in [7, 11) is -1.85. The van der Waals surface area contributed by atoms with Crippen LogP contribution in [-0.4, -0.2) is 69.4 Å². The number of carbonyl (C=O) groups excluding carboxylic acids is 3. The Morgan fingerprint density at radius 2 is 2.03 bits per heavy atom. The summed E-state index contributed by atoms with van der Waals surface area (Å²) in [6, 6.07) is 4.79. The van der Waals surface area contributed by atoms with E-state index in [9.17, 15) is 28.8 Å². The predicted octanol–water partition coefficient (Wildman–Crippen LogP) is -0.337. The van der Waals surface area contributed by atoms with Crippen LogP contribution in [0.2, 0.25) is 0 Å². The second kappa shape index (κ2) is 8.20. The molecule has 3 aliphatic rings. The number of halogens is 1. The Morgan fingerprint density at radius 3 is 2.73 bits per heavy atom. The third-order valence-electron chi connectivity index (χ3n) is 6.16. The van der Waals surface area contributed by atoms with Crippen molar-refractivity contribution in [2.24, 2.45) is 5.92 Å². The predicted molar refractivity (Wildman–Crippen MR) is 108 cm³/mol. The van der Waals surface area contributed by atoms with Gasteiger partial charge in [-0.05, 0) is 30.0 Å². The molecular formula is C19H23BFN3O5S. The Labute approximate surface area is 179 Å². The zero-order valence-electron chi connectivity index (χ0n) is 16.2. The number of alkyl halides is 1. The minimum absolute atomic E-state index is 0.0245. The fourth-order valence-electron chi connectivity index (χ4n) is 4.55.